The van der Waals surface area contributed by atoms with Crippen LogP contribution in [-0.2, 0) is 10.0 Å². The fourth-order valence-corrected chi connectivity index (χ4v) is 4.75. The lowest BCUT2D eigenvalue weighted by atomic mass is 10.1. The van der Waals surface area contributed by atoms with Crippen LogP contribution in [0, 0.1) is 11.3 Å². The molecule has 29 heavy (non-hydrogen) atoms. The molecular formula is C19H18F3N3O3S. The minimum Gasteiger partial charge on any atom is -0.404 e. The van der Waals surface area contributed by atoms with Gasteiger partial charge in [0.05, 0.1) is 6.07 Å². The Morgan fingerprint density at radius 1 is 0.966 bits per heavy atom. The van der Waals surface area contributed by atoms with Gasteiger partial charge in [0.15, 0.2) is 0 Å². The molecular weight excluding hydrogens is 407 g/mol. The van der Waals surface area contributed by atoms with Gasteiger partial charge in [-0.25, -0.2) is 8.42 Å². The Labute approximate surface area is 166 Å². The first kappa shape index (κ1) is 21.1. The summed E-state index contributed by atoms with van der Waals surface area (Å²) < 4.78 is 68.7. The van der Waals surface area contributed by atoms with Crippen LogP contribution >= 0.6 is 0 Å². The molecule has 0 aromatic heterocycles. The number of piperazine rings is 1. The van der Waals surface area contributed by atoms with Crippen molar-refractivity contribution in [1.82, 2.24) is 9.21 Å². The predicted molar refractivity (Wildman–Crippen MR) is 98.3 cm³/mol. The lowest BCUT2D eigenvalue weighted by molar-refractivity contribution is -0.275. The van der Waals surface area contributed by atoms with E-state index in [9.17, 15) is 26.9 Å². The summed E-state index contributed by atoms with van der Waals surface area (Å²) in [5, 5.41) is 9.53. The van der Waals surface area contributed by atoms with Crippen molar-refractivity contribution < 1.29 is 26.3 Å². The zero-order chi connectivity index (χ0) is 21.1. The van der Waals surface area contributed by atoms with E-state index in [0.717, 1.165) is 22.0 Å². The van der Waals surface area contributed by atoms with E-state index in [4.69, 9.17) is 0 Å². The monoisotopic (exact) mass is 425 g/mol. The molecule has 0 spiro atoms. The third kappa shape index (κ3) is 4.87. The largest absolute Gasteiger partial charge is 0.573 e. The molecule has 6 nitrogen and oxygen atoms in total. The summed E-state index contributed by atoms with van der Waals surface area (Å²) in [5.41, 5.74) is 0.801. The van der Waals surface area contributed by atoms with E-state index in [1.165, 1.54) is 12.1 Å². The Kier molecular flexibility index (Phi) is 6.12. The fourth-order valence-electron chi connectivity index (χ4n) is 3.22. The van der Waals surface area contributed by atoms with Gasteiger partial charge in [-0.1, -0.05) is 42.5 Å². The third-order valence-corrected chi connectivity index (χ3v) is 6.51. The van der Waals surface area contributed by atoms with Crippen molar-refractivity contribution in [3.63, 3.8) is 0 Å². The van der Waals surface area contributed by atoms with Crippen LogP contribution < -0.4 is 4.74 Å². The van der Waals surface area contributed by atoms with Crippen LogP contribution in [0.2, 0.25) is 0 Å². The summed E-state index contributed by atoms with van der Waals surface area (Å²) in [6.07, 6.45) is -5.00. The highest BCUT2D eigenvalue weighted by atomic mass is 32.2. The van der Waals surface area contributed by atoms with Gasteiger partial charge in [-0.3, -0.25) is 4.90 Å². The normalized spacial score (nSPS) is 17.4. The number of hydrogen-bond acceptors (Lipinski definition) is 5. The maximum Gasteiger partial charge on any atom is 0.573 e. The molecule has 0 radical (unpaired) electrons. The Balaban J connectivity index is 1.76. The van der Waals surface area contributed by atoms with Gasteiger partial charge in [0.1, 0.15) is 16.7 Å². The minimum absolute atomic E-state index is 0.0493. The SMILES string of the molecule is N#CC(c1ccccc1)N1CCN(S(=O)(=O)c2ccccc2OC(F)(F)F)CC1. The first-order valence-corrected chi connectivity index (χ1v) is 10.2. The summed E-state index contributed by atoms with van der Waals surface area (Å²) in [5.74, 6) is -0.762. The quantitative estimate of drug-likeness (QED) is 0.736. The highest BCUT2D eigenvalue weighted by Crippen LogP contribution is 2.32. The van der Waals surface area contributed by atoms with E-state index < -0.39 is 33.1 Å². The van der Waals surface area contributed by atoms with Crippen molar-refractivity contribution in [2.45, 2.75) is 17.3 Å². The Morgan fingerprint density at radius 2 is 1.55 bits per heavy atom. The summed E-state index contributed by atoms with van der Waals surface area (Å²) in [6, 6.07) is 15.5. The number of para-hydroxylation sites is 1. The van der Waals surface area contributed by atoms with Gasteiger partial charge in [0.25, 0.3) is 0 Å². The maximum absolute atomic E-state index is 12.9. The standard InChI is InChI=1S/C19H18F3N3O3S/c20-19(21,22)28-17-8-4-5-9-18(17)29(26,27)25-12-10-24(11-13-25)16(14-23)15-6-2-1-3-7-15/h1-9,16H,10-13H2. The van der Waals surface area contributed by atoms with Gasteiger partial charge < -0.3 is 4.74 Å². The van der Waals surface area contributed by atoms with Crippen LogP contribution in [0.5, 0.6) is 5.75 Å². The Morgan fingerprint density at radius 3 is 2.14 bits per heavy atom. The number of nitriles is 1. The van der Waals surface area contributed by atoms with E-state index in [-0.39, 0.29) is 26.2 Å². The predicted octanol–water partition coefficient (Wildman–Crippen LogP) is 3.16. The van der Waals surface area contributed by atoms with Crippen molar-refractivity contribution in [2.75, 3.05) is 26.2 Å². The van der Waals surface area contributed by atoms with Gasteiger partial charge >= 0.3 is 6.36 Å². The summed E-state index contributed by atoms with van der Waals surface area (Å²) >= 11 is 0. The van der Waals surface area contributed by atoms with Crippen molar-refractivity contribution in [2.24, 2.45) is 0 Å². The topological polar surface area (TPSA) is 73.6 Å². The second-order valence-electron chi connectivity index (χ2n) is 6.38. The van der Waals surface area contributed by atoms with E-state index in [1.807, 2.05) is 35.2 Å². The summed E-state index contributed by atoms with van der Waals surface area (Å²) in [7, 11) is -4.19. The minimum atomic E-state index is -5.00. The van der Waals surface area contributed by atoms with Crippen molar-refractivity contribution in [3.05, 3.63) is 60.2 Å². The van der Waals surface area contributed by atoms with Gasteiger partial charge in [-0.15, -0.1) is 13.2 Å². The molecule has 0 amide bonds. The maximum atomic E-state index is 12.9. The zero-order valence-electron chi connectivity index (χ0n) is 15.2. The van der Waals surface area contributed by atoms with Crippen molar-refractivity contribution in [3.8, 4) is 11.8 Å². The third-order valence-electron chi connectivity index (χ3n) is 4.57. The lowest BCUT2D eigenvalue weighted by Gasteiger charge is -2.36. The van der Waals surface area contributed by atoms with Gasteiger partial charge in [0, 0.05) is 26.2 Å². The second kappa shape index (κ2) is 8.41. The molecule has 1 aliphatic heterocycles. The number of hydrogen-bond donors (Lipinski definition) is 0. The summed E-state index contributed by atoms with van der Waals surface area (Å²) in [6.45, 7) is 0.644. The number of rotatable bonds is 5. The molecule has 1 fully saturated rings. The van der Waals surface area contributed by atoms with Crippen molar-refractivity contribution >= 4 is 10.0 Å². The van der Waals surface area contributed by atoms with Crippen LogP contribution in [0.1, 0.15) is 11.6 Å². The van der Waals surface area contributed by atoms with Crippen LogP contribution in [0.25, 0.3) is 0 Å². The number of ether oxygens (including phenoxy) is 1. The molecule has 1 atom stereocenters. The molecule has 154 valence electrons. The van der Waals surface area contributed by atoms with Crippen LogP contribution in [0.4, 0.5) is 13.2 Å². The smallest absolute Gasteiger partial charge is 0.404 e. The molecule has 0 N–H and O–H groups in total. The molecule has 1 unspecified atom stereocenters. The molecule has 0 bridgehead atoms. The van der Waals surface area contributed by atoms with Gasteiger partial charge in [-0.2, -0.15) is 9.57 Å². The molecule has 2 aromatic carbocycles. The highest BCUT2D eigenvalue weighted by molar-refractivity contribution is 7.89. The average molecular weight is 425 g/mol. The van der Waals surface area contributed by atoms with E-state index in [1.54, 1.807) is 0 Å². The summed E-state index contributed by atoms with van der Waals surface area (Å²) in [4.78, 5) is 1.31. The van der Waals surface area contributed by atoms with Crippen molar-refractivity contribution in [1.29, 1.82) is 5.26 Å². The molecule has 10 heteroatoms. The first-order chi connectivity index (χ1) is 13.7. The van der Waals surface area contributed by atoms with Gasteiger partial charge in [0.2, 0.25) is 10.0 Å². The Hall–Kier alpha value is -2.61. The van der Waals surface area contributed by atoms with E-state index in [2.05, 4.69) is 10.8 Å². The van der Waals surface area contributed by atoms with E-state index in [0.29, 0.717) is 0 Å². The molecule has 2 aromatic rings. The number of benzene rings is 2. The number of halogens is 3. The first-order valence-electron chi connectivity index (χ1n) is 8.76. The molecule has 3 rings (SSSR count). The molecule has 1 saturated heterocycles. The molecule has 0 aliphatic carbocycles. The Bertz CT molecular complexity index is 983. The van der Waals surface area contributed by atoms with E-state index >= 15 is 0 Å². The van der Waals surface area contributed by atoms with Crippen LogP contribution in [0.3, 0.4) is 0 Å². The highest BCUT2D eigenvalue weighted by Gasteiger charge is 2.37. The molecule has 1 aliphatic rings. The molecule has 0 saturated carbocycles. The van der Waals surface area contributed by atoms with Crippen LogP contribution in [-0.4, -0.2) is 50.2 Å². The van der Waals surface area contributed by atoms with Crippen LogP contribution in [0.15, 0.2) is 59.5 Å². The van der Waals surface area contributed by atoms with Gasteiger partial charge in [-0.05, 0) is 17.7 Å². The zero-order valence-corrected chi connectivity index (χ0v) is 16.0. The fraction of sp³-hybridized carbons (Fsp3) is 0.316. The molecule has 1 heterocycles. The second-order valence-corrected chi connectivity index (χ2v) is 8.28. The lowest BCUT2D eigenvalue weighted by Crippen LogP contribution is -2.49. The average Bonchev–Trinajstić information content (AvgIpc) is 2.69. The number of sulfonamides is 1. The number of nitrogens with zero attached hydrogens (tertiary/aromatic N) is 3. The number of alkyl halides is 3.